The Morgan fingerprint density at radius 1 is 1.02 bits per heavy atom. The van der Waals surface area contributed by atoms with Crippen molar-refractivity contribution < 1.29 is 28.9 Å². The van der Waals surface area contributed by atoms with Gasteiger partial charge in [-0.25, -0.2) is 9.79 Å². The summed E-state index contributed by atoms with van der Waals surface area (Å²) in [5.41, 5.74) is 3.60. The molecule has 0 spiro atoms. The number of likely N-dealkylation sites (N-methyl/N-ethyl adjacent to an activating group) is 1. The van der Waals surface area contributed by atoms with Crippen molar-refractivity contribution in [3.63, 3.8) is 0 Å². The van der Waals surface area contributed by atoms with Crippen molar-refractivity contribution in [1.82, 2.24) is 14.8 Å². The third kappa shape index (κ3) is 7.10. The maximum Gasteiger partial charge on any atom is 0.513 e. The zero-order valence-corrected chi connectivity index (χ0v) is 25.3. The fraction of sp³-hybridized carbons (Fsp3) is 0.324. The van der Waals surface area contributed by atoms with Gasteiger partial charge in [0.2, 0.25) is 0 Å². The predicted octanol–water partition coefficient (Wildman–Crippen LogP) is 5.76. The number of carbonyl (C=O) groups excluding carboxylic acids is 2. The number of aliphatic imine (C=N–C) groups is 1. The van der Waals surface area contributed by atoms with Crippen molar-refractivity contribution in [3.8, 4) is 11.6 Å². The largest absolute Gasteiger partial charge is 0.513 e. The number of aromatic nitrogens is 1. The molecular weight excluding hydrogens is 560 g/mol. The molecule has 44 heavy (non-hydrogen) atoms. The van der Waals surface area contributed by atoms with Crippen LogP contribution in [0.3, 0.4) is 0 Å². The molecule has 2 N–H and O–H groups in total. The topological polar surface area (TPSA) is 117 Å². The molecular formula is C34H38N4O6. The number of hydrogen-bond donors (Lipinski definition) is 2. The van der Waals surface area contributed by atoms with Crippen LogP contribution in [0.2, 0.25) is 0 Å². The summed E-state index contributed by atoms with van der Waals surface area (Å²) in [6, 6.07) is 21.7. The molecule has 1 unspecified atom stereocenters. The zero-order valence-electron chi connectivity index (χ0n) is 25.3. The SMILES string of the molecule is CCN(CC)CCOC1CCN(C(=O)c2ccc(N=C(c3ccccc3)c3c(O)[nH]c4cc(OC(=O)OC)ccc34)cc2)C1. The first-order valence-corrected chi connectivity index (χ1v) is 14.9. The van der Waals surface area contributed by atoms with E-state index in [1.54, 1.807) is 42.5 Å². The van der Waals surface area contributed by atoms with Gasteiger partial charge in [-0.2, -0.15) is 0 Å². The normalized spacial score (nSPS) is 15.2. The van der Waals surface area contributed by atoms with E-state index < -0.39 is 6.16 Å². The van der Waals surface area contributed by atoms with E-state index in [0.717, 1.165) is 31.6 Å². The highest BCUT2D eigenvalue weighted by Gasteiger charge is 2.27. The second kappa shape index (κ2) is 14.2. The van der Waals surface area contributed by atoms with Crippen molar-refractivity contribution in [2.75, 3.05) is 46.4 Å². The van der Waals surface area contributed by atoms with Gasteiger partial charge in [0.25, 0.3) is 5.91 Å². The highest BCUT2D eigenvalue weighted by atomic mass is 16.7. The van der Waals surface area contributed by atoms with Gasteiger partial charge in [0.1, 0.15) is 5.75 Å². The van der Waals surface area contributed by atoms with Crippen molar-refractivity contribution in [2.24, 2.45) is 4.99 Å². The Kier molecular flexibility index (Phi) is 9.93. The number of H-pyrrole nitrogens is 1. The number of likely N-dealkylation sites (tertiary alicyclic amines) is 1. The minimum atomic E-state index is -0.836. The van der Waals surface area contributed by atoms with Gasteiger partial charge in [-0.1, -0.05) is 44.2 Å². The summed E-state index contributed by atoms with van der Waals surface area (Å²) in [6.45, 7) is 9.10. The van der Waals surface area contributed by atoms with Gasteiger partial charge in [-0.3, -0.25) is 4.79 Å². The zero-order chi connectivity index (χ0) is 31.1. The first kappa shape index (κ1) is 30.8. The summed E-state index contributed by atoms with van der Waals surface area (Å²) >= 11 is 0. The number of ether oxygens (including phenoxy) is 3. The third-order valence-corrected chi connectivity index (χ3v) is 7.85. The minimum Gasteiger partial charge on any atom is -0.494 e. The van der Waals surface area contributed by atoms with Gasteiger partial charge >= 0.3 is 6.16 Å². The van der Waals surface area contributed by atoms with E-state index in [1.165, 1.54) is 7.11 Å². The van der Waals surface area contributed by atoms with Crippen LogP contribution in [0.5, 0.6) is 11.6 Å². The first-order valence-electron chi connectivity index (χ1n) is 14.9. The Bertz CT molecular complexity index is 1610. The summed E-state index contributed by atoms with van der Waals surface area (Å²) < 4.78 is 15.8. The molecule has 1 saturated heterocycles. The van der Waals surface area contributed by atoms with Crippen LogP contribution in [0.25, 0.3) is 10.9 Å². The Morgan fingerprint density at radius 2 is 1.77 bits per heavy atom. The molecule has 10 heteroatoms. The Labute approximate surface area is 256 Å². The molecule has 1 atom stereocenters. The minimum absolute atomic E-state index is 0.0297. The molecule has 0 aliphatic carbocycles. The Morgan fingerprint density at radius 3 is 2.48 bits per heavy atom. The lowest BCUT2D eigenvalue weighted by molar-refractivity contribution is 0.0420. The number of fused-ring (bicyclic) bond motifs is 1. The monoisotopic (exact) mass is 598 g/mol. The van der Waals surface area contributed by atoms with Crippen LogP contribution in [0.1, 0.15) is 41.8 Å². The van der Waals surface area contributed by atoms with E-state index in [4.69, 9.17) is 14.5 Å². The number of nitrogens with one attached hydrogen (secondary N) is 1. The number of hydrogen-bond acceptors (Lipinski definition) is 8. The molecule has 1 amide bonds. The van der Waals surface area contributed by atoms with Crippen LogP contribution in [0, 0.1) is 0 Å². The lowest BCUT2D eigenvalue weighted by Crippen LogP contribution is -2.32. The second-order valence-corrected chi connectivity index (χ2v) is 10.5. The maximum absolute atomic E-state index is 13.3. The lowest BCUT2D eigenvalue weighted by Gasteiger charge is -2.20. The number of nitrogens with zero attached hydrogens (tertiary/aromatic N) is 3. The van der Waals surface area contributed by atoms with E-state index in [0.29, 0.717) is 53.1 Å². The molecule has 1 aliphatic heterocycles. The lowest BCUT2D eigenvalue weighted by atomic mass is 10.0. The number of methoxy groups -OCH3 is 1. The summed E-state index contributed by atoms with van der Waals surface area (Å²) in [4.78, 5) is 36.9. The number of benzene rings is 3. The second-order valence-electron chi connectivity index (χ2n) is 10.5. The molecule has 1 aliphatic rings. The van der Waals surface area contributed by atoms with Crippen molar-refractivity contribution in [3.05, 3.63) is 89.5 Å². The smallest absolute Gasteiger partial charge is 0.494 e. The van der Waals surface area contributed by atoms with Crippen molar-refractivity contribution in [1.29, 1.82) is 0 Å². The molecule has 10 nitrogen and oxygen atoms in total. The van der Waals surface area contributed by atoms with Crippen molar-refractivity contribution in [2.45, 2.75) is 26.4 Å². The van der Waals surface area contributed by atoms with Crippen LogP contribution in [-0.2, 0) is 9.47 Å². The molecule has 3 aromatic carbocycles. The summed E-state index contributed by atoms with van der Waals surface area (Å²) in [5, 5.41) is 11.7. The molecule has 0 saturated carbocycles. The van der Waals surface area contributed by atoms with Crippen LogP contribution >= 0.6 is 0 Å². The maximum atomic E-state index is 13.3. The summed E-state index contributed by atoms with van der Waals surface area (Å²) in [5.74, 6) is 0.163. The van der Waals surface area contributed by atoms with E-state index in [2.05, 4.69) is 28.5 Å². The number of carbonyl (C=O) groups is 2. The van der Waals surface area contributed by atoms with Crippen molar-refractivity contribution >= 4 is 34.4 Å². The number of aromatic amines is 1. The molecule has 0 radical (unpaired) electrons. The fourth-order valence-electron chi connectivity index (χ4n) is 5.39. The average Bonchev–Trinajstić information content (AvgIpc) is 3.65. The predicted molar refractivity (Wildman–Crippen MR) is 169 cm³/mol. The highest BCUT2D eigenvalue weighted by molar-refractivity contribution is 6.22. The van der Waals surface area contributed by atoms with Gasteiger partial charge < -0.3 is 34.1 Å². The average molecular weight is 599 g/mol. The molecule has 230 valence electrons. The summed E-state index contributed by atoms with van der Waals surface area (Å²) in [7, 11) is 1.23. The van der Waals surface area contributed by atoms with Gasteiger partial charge in [-0.15, -0.1) is 0 Å². The molecule has 2 heterocycles. The van der Waals surface area contributed by atoms with E-state index >= 15 is 0 Å². The molecule has 1 aromatic heterocycles. The van der Waals surface area contributed by atoms with Gasteiger partial charge in [-0.05, 0) is 55.9 Å². The molecule has 0 bridgehead atoms. The first-order chi connectivity index (χ1) is 21.4. The fourth-order valence-corrected chi connectivity index (χ4v) is 5.39. The Balaban J connectivity index is 1.35. The van der Waals surface area contributed by atoms with Crippen LogP contribution in [-0.4, -0.2) is 90.2 Å². The standard InChI is InChI=1S/C34H38N4O6/c1-4-37(5-2)19-20-43-27-17-18-38(22-27)33(40)24-11-13-25(14-12-24)35-31(23-9-7-6-8-10-23)30-28-16-15-26(44-34(41)42-3)21-29(28)36-32(30)39/h6-16,21,27,36,39H,4-5,17-20,22H2,1-3H3. The molecule has 1 fully saturated rings. The number of rotatable bonds is 11. The number of amides is 1. The van der Waals surface area contributed by atoms with E-state index in [9.17, 15) is 14.7 Å². The highest BCUT2D eigenvalue weighted by Crippen LogP contribution is 2.33. The van der Waals surface area contributed by atoms with Gasteiger partial charge in [0, 0.05) is 42.2 Å². The third-order valence-electron chi connectivity index (χ3n) is 7.85. The Hall–Kier alpha value is -4.67. The van der Waals surface area contributed by atoms with Crippen LogP contribution < -0.4 is 4.74 Å². The van der Waals surface area contributed by atoms with Gasteiger partial charge in [0.15, 0.2) is 5.88 Å². The van der Waals surface area contributed by atoms with E-state index in [1.807, 2.05) is 35.2 Å². The van der Waals surface area contributed by atoms with Crippen LogP contribution in [0.4, 0.5) is 10.5 Å². The van der Waals surface area contributed by atoms with Gasteiger partial charge in [0.05, 0.1) is 42.3 Å². The quantitative estimate of drug-likeness (QED) is 0.128. The van der Waals surface area contributed by atoms with Crippen LogP contribution in [0.15, 0.2) is 77.8 Å². The molecule has 4 aromatic rings. The summed E-state index contributed by atoms with van der Waals surface area (Å²) in [6.07, 6.45) is 0.0494. The number of aromatic hydroxyl groups is 1. The molecule has 5 rings (SSSR count). The van der Waals surface area contributed by atoms with E-state index in [-0.39, 0.29) is 23.6 Å².